The third kappa shape index (κ3) is 2.30. The molecule has 1 N–H and O–H groups in total. The van der Waals surface area contributed by atoms with Crippen LogP contribution >= 0.6 is 11.3 Å². The van der Waals surface area contributed by atoms with E-state index in [9.17, 15) is 5.26 Å². The molecule has 0 unspecified atom stereocenters. The molecule has 0 aromatic carbocycles. The highest BCUT2D eigenvalue weighted by Crippen LogP contribution is 2.34. The second-order valence-electron chi connectivity index (χ2n) is 4.61. The minimum absolute atomic E-state index is 0.535. The van der Waals surface area contributed by atoms with E-state index >= 15 is 0 Å². The number of hydrogen-bond donors (Lipinski definition) is 1. The van der Waals surface area contributed by atoms with Crippen LogP contribution in [0.1, 0.15) is 18.2 Å². The van der Waals surface area contributed by atoms with Crippen molar-refractivity contribution in [3.63, 3.8) is 0 Å². The number of fused-ring (bicyclic) bond motifs is 1. The van der Waals surface area contributed by atoms with E-state index in [4.69, 9.17) is 10.4 Å². The summed E-state index contributed by atoms with van der Waals surface area (Å²) >= 11 is 1.59. The number of thiophene rings is 1. The summed E-state index contributed by atoms with van der Waals surface area (Å²) in [6, 6.07) is 7.93. The van der Waals surface area contributed by atoms with Gasteiger partial charge in [-0.2, -0.15) is 5.26 Å². The van der Waals surface area contributed by atoms with Gasteiger partial charge in [-0.3, -0.25) is 4.98 Å². The number of nitrogens with one attached hydrogen (secondary N) is 1. The number of nitriles is 1. The smallest absolute Gasteiger partial charge is 0.101 e. The van der Waals surface area contributed by atoms with Crippen molar-refractivity contribution in [1.29, 1.82) is 10.7 Å². The summed E-state index contributed by atoms with van der Waals surface area (Å²) < 4.78 is 1.06. The van der Waals surface area contributed by atoms with E-state index < -0.39 is 0 Å². The van der Waals surface area contributed by atoms with Gasteiger partial charge < -0.3 is 5.41 Å². The van der Waals surface area contributed by atoms with Crippen molar-refractivity contribution in [2.24, 2.45) is 0 Å². The zero-order chi connectivity index (χ0) is 15.5. The molecule has 0 bridgehead atoms. The molecular weight excluding hydrogens is 292 g/mol. The van der Waals surface area contributed by atoms with Gasteiger partial charge in [-0.05, 0) is 25.1 Å². The van der Waals surface area contributed by atoms with Crippen molar-refractivity contribution in [2.75, 3.05) is 0 Å². The summed E-state index contributed by atoms with van der Waals surface area (Å²) in [6.45, 7) is 1.89. The number of pyridine rings is 2. The molecule has 22 heavy (non-hydrogen) atoms. The van der Waals surface area contributed by atoms with Gasteiger partial charge >= 0.3 is 0 Å². The molecule has 0 aliphatic heterocycles. The molecular formula is C17H12N4S. The van der Waals surface area contributed by atoms with E-state index in [1.807, 2.05) is 36.6 Å². The molecule has 0 aliphatic carbocycles. The topological polar surface area (TPSA) is 73.4 Å². The third-order valence-corrected chi connectivity index (χ3v) is 4.35. The Hall–Kier alpha value is -2.84. The van der Waals surface area contributed by atoms with E-state index in [0.717, 1.165) is 32.6 Å². The molecule has 0 saturated heterocycles. The summed E-state index contributed by atoms with van der Waals surface area (Å²) in [7, 11) is 0. The standard InChI is InChI=1S/C17H12N4S/c1-2-11(7-18)15-3-4-16-17(21-15)14(10-22-16)13-5-6-20-9-12(13)8-19/h2-7,9-10,18H,1H3/b11-2+,18-7?. The van der Waals surface area contributed by atoms with E-state index in [-0.39, 0.29) is 0 Å². The first-order chi connectivity index (χ1) is 10.8. The Kier molecular flexibility index (Phi) is 3.77. The quantitative estimate of drug-likeness (QED) is 0.734. The molecule has 0 amide bonds. The Balaban J connectivity index is 2.26. The summed E-state index contributed by atoms with van der Waals surface area (Å²) in [5, 5.41) is 18.7. The van der Waals surface area contributed by atoms with Crippen LogP contribution in [-0.2, 0) is 0 Å². The minimum Gasteiger partial charge on any atom is -0.308 e. The molecule has 0 atom stereocenters. The predicted molar refractivity (Wildman–Crippen MR) is 90.0 cm³/mol. The molecule has 3 rings (SSSR count). The van der Waals surface area contributed by atoms with Gasteiger partial charge in [0.15, 0.2) is 0 Å². The molecule has 0 aliphatic rings. The van der Waals surface area contributed by atoms with Gasteiger partial charge in [-0.15, -0.1) is 11.3 Å². The second kappa shape index (κ2) is 5.88. The minimum atomic E-state index is 0.535. The molecule has 3 aromatic heterocycles. The lowest BCUT2D eigenvalue weighted by Gasteiger charge is -2.04. The summed E-state index contributed by atoms with van der Waals surface area (Å²) in [5.41, 5.74) is 4.69. The highest BCUT2D eigenvalue weighted by atomic mass is 32.1. The van der Waals surface area contributed by atoms with E-state index in [1.54, 1.807) is 23.7 Å². The van der Waals surface area contributed by atoms with Crippen molar-refractivity contribution >= 4 is 33.3 Å². The third-order valence-electron chi connectivity index (χ3n) is 3.41. The fourth-order valence-electron chi connectivity index (χ4n) is 2.29. The van der Waals surface area contributed by atoms with E-state index in [1.165, 1.54) is 6.21 Å². The van der Waals surface area contributed by atoms with Gasteiger partial charge in [-0.1, -0.05) is 6.08 Å². The van der Waals surface area contributed by atoms with Gasteiger partial charge in [0, 0.05) is 40.7 Å². The SMILES string of the molecule is C/C=C(\C=N)c1ccc2scc(-c3ccncc3C#N)c2n1. The van der Waals surface area contributed by atoms with Crippen molar-refractivity contribution in [2.45, 2.75) is 6.92 Å². The van der Waals surface area contributed by atoms with Crippen molar-refractivity contribution in [1.82, 2.24) is 9.97 Å². The Labute approximate surface area is 131 Å². The Bertz CT molecular complexity index is 931. The first-order valence-corrected chi connectivity index (χ1v) is 7.56. The number of aromatic nitrogens is 2. The van der Waals surface area contributed by atoms with Crippen LogP contribution in [0, 0.1) is 16.7 Å². The second-order valence-corrected chi connectivity index (χ2v) is 5.53. The van der Waals surface area contributed by atoms with Crippen LogP contribution in [0.15, 0.2) is 42.0 Å². The van der Waals surface area contributed by atoms with Crippen LogP contribution < -0.4 is 0 Å². The molecule has 0 saturated carbocycles. The van der Waals surface area contributed by atoms with Gasteiger partial charge in [0.05, 0.1) is 21.5 Å². The Morgan fingerprint density at radius 3 is 2.91 bits per heavy atom. The monoisotopic (exact) mass is 304 g/mol. The first-order valence-electron chi connectivity index (χ1n) is 6.68. The molecule has 3 aromatic rings. The van der Waals surface area contributed by atoms with Crippen LogP contribution in [0.3, 0.4) is 0 Å². The summed E-state index contributed by atoms with van der Waals surface area (Å²) in [4.78, 5) is 8.69. The highest BCUT2D eigenvalue weighted by molar-refractivity contribution is 7.17. The number of rotatable bonds is 3. The Morgan fingerprint density at radius 2 is 2.18 bits per heavy atom. The molecule has 4 nitrogen and oxygen atoms in total. The fraction of sp³-hybridized carbons (Fsp3) is 0.0588. The van der Waals surface area contributed by atoms with E-state index in [2.05, 4.69) is 11.1 Å². The predicted octanol–water partition coefficient (Wildman–Crippen LogP) is 4.28. The normalized spacial score (nSPS) is 11.4. The van der Waals surface area contributed by atoms with Crippen LogP contribution in [-0.4, -0.2) is 16.2 Å². The maximum Gasteiger partial charge on any atom is 0.101 e. The van der Waals surface area contributed by atoms with Gasteiger partial charge in [0.2, 0.25) is 0 Å². The average Bonchev–Trinajstić information content (AvgIpc) is 2.99. The lowest BCUT2D eigenvalue weighted by molar-refractivity contribution is 1.30. The lowest BCUT2D eigenvalue weighted by atomic mass is 10.0. The molecule has 0 radical (unpaired) electrons. The average molecular weight is 304 g/mol. The molecule has 106 valence electrons. The number of nitrogens with zero attached hydrogens (tertiary/aromatic N) is 3. The lowest BCUT2D eigenvalue weighted by Crippen LogP contribution is -1.91. The van der Waals surface area contributed by atoms with Gasteiger partial charge in [-0.25, -0.2) is 4.98 Å². The first kappa shape index (κ1) is 14.1. The zero-order valence-corrected chi connectivity index (χ0v) is 12.7. The van der Waals surface area contributed by atoms with Crippen LogP contribution in [0.5, 0.6) is 0 Å². The van der Waals surface area contributed by atoms with Crippen LogP contribution in [0.4, 0.5) is 0 Å². The molecule has 0 spiro atoms. The Morgan fingerprint density at radius 1 is 1.32 bits per heavy atom. The maximum atomic E-state index is 9.26. The van der Waals surface area contributed by atoms with Crippen molar-refractivity contribution in [3.8, 4) is 17.2 Å². The maximum absolute atomic E-state index is 9.26. The zero-order valence-electron chi connectivity index (χ0n) is 11.9. The van der Waals surface area contributed by atoms with Crippen molar-refractivity contribution < 1.29 is 0 Å². The molecule has 5 heteroatoms. The van der Waals surface area contributed by atoms with Gasteiger partial charge in [0.25, 0.3) is 0 Å². The number of hydrogen-bond acceptors (Lipinski definition) is 5. The fourth-order valence-corrected chi connectivity index (χ4v) is 3.19. The highest BCUT2D eigenvalue weighted by Gasteiger charge is 2.13. The summed E-state index contributed by atoms with van der Waals surface area (Å²) in [6.07, 6.45) is 6.41. The van der Waals surface area contributed by atoms with Crippen LogP contribution in [0.2, 0.25) is 0 Å². The van der Waals surface area contributed by atoms with E-state index in [0.29, 0.717) is 5.56 Å². The molecule has 0 fully saturated rings. The van der Waals surface area contributed by atoms with Crippen molar-refractivity contribution in [3.05, 3.63) is 53.3 Å². The largest absolute Gasteiger partial charge is 0.308 e. The number of allylic oxidation sites excluding steroid dienone is 2. The molecule has 3 heterocycles. The summed E-state index contributed by atoms with van der Waals surface area (Å²) in [5.74, 6) is 0. The van der Waals surface area contributed by atoms with Crippen LogP contribution in [0.25, 0.3) is 26.9 Å². The van der Waals surface area contributed by atoms with Gasteiger partial charge in [0.1, 0.15) is 6.07 Å².